The second-order valence-electron chi connectivity index (χ2n) is 5.09. The van der Waals surface area contributed by atoms with Crippen LogP contribution in [0.1, 0.15) is 30.9 Å². The van der Waals surface area contributed by atoms with Crippen molar-refractivity contribution < 1.29 is 23.1 Å². The molecule has 0 aliphatic carbocycles. The SMILES string of the molecule is CCC1(NC)CCc2cc(C(F)(F)F)ccc2N1C(=O)O. The summed E-state index contributed by atoms with van der Waals surface area (Å²) in [5.41, 5.74) is -0.803. The summed E-state index contributed by atoms with van der Waals surface area (Å²) < 4.78 is 38.3. The summed E-state index contributed by atoms with van der Waals surface area (Å²) in [4.78, 5) is 12.7. The van der Waals surface area contributed by atoms with E-state index in [0.717, 1.165) is 17.0 Å². The van der Waals surface area contributed by atoms with E-state index in [1.807, 2.05) is 6.92 Å². The van der Waals surface area contributed by atoms with Crippen molar-refractivity contribution in [2.45, 2.75) is 38.0 Å². The van der Waals surface area contributed by atoms with E-state index in [1.54, 1.807) is 7.05 Å². The molecule has 4 nitrogen and oxygen atoms in total. The van der Waals surface area contributed by atoms with Crippen LogP contribution in [0, 0.1) is 0 Å². The zero-order valence-electron chi connectivity index (χ0n) is 11.8. The molecule has 0 saturated carbocycles. The van der Waals surface area contributed by atoms with Crippen LogP contribution in [0.15, 0.2) is 18.2 Å². The molecule has 1 atom stereocenters. The van der Waals surface area contributed by atoms with Crippen LogP contribution in [0.3, 0.4) is 0 Å². The van der Waals surface area contributed by atoms with E-state index in [1.165, 1.54) is 6.07 Å². The number of hydrogen-bond acceptors (Lipinski definition) is 2. The van der Waals surface area contributed by atoms with Crippen LogP contribution >= 0.6 is 0 Å². The largest absolute Gasteiger partial charge is 0.465 e. The number of rotatable bonds is 2. The van der Waals surface area contributed by atoms with Gasteiger partial charge in [0, 0.05) is 0 Å². The molecule has 1 aliphatic heterocycles. The van der Waals surface area contributed by atoms with Gasteiger partial charge in [0.25, 0.3) is 0 Å². The van der Waals surface area contributed by atoms with Crippen molar-refractivity contribution in [3.05, 3.63) is 29.3 Å². The Bertz CT molecular complexity index is 554. The van der Waals surface area contributed by atoms with Gasteiger partial charge in [0.15, 0.2) is 0 Å². The summed E-state index contributed by atoms with van der Waals surface area (Å²) in [7, 11) is 1.66. The van der Waals surface area contributed by atoms with Crippen molar-refractivity contribution in [3.63, 3.8) is 0 Å². The number of fused-ring (bicyclic) bond motifs is 1. The number of aryl methyl sites for hydroxylation is 1. The first-order valence-corrected chi connectivity index (χ1v) is 6.67. The Morgan fingerprint density at radius 2 is 2.14 bits per heavy atom. The highest BCUT2D eigenvalue weighted by atomic mass is 19.4. The lowest BCUT2D eigenvalue weighted by atomic mass is 9.88. The van der Waals surface area contributed by atoms with Crippen molar-refractivity contribution in [2.75, 3.05) is 11.9 Å². The lowest BCUT2D eigenvalue weighted by Gasteiger charge is -2.46. The Hall–Kier alpha value is -1.76. The summed E-state index contributed by atoms with van der Waals surface area (Å²) in [5.74, 6) is 0. The van der Waals surface area contributed by atoms with Crippen LogP contribution in [0.25, 0.3) is 0 Å². The number of carbonyl (C=O) groups is 1. The lowest BCUT2D eigenvalue weighted by Crippen LogP contribution is -2.61. The van der Waals surface area contributed by atoms with Crippen LogP contribution in [0.2, 0.25) is 0 Å². The lowest BCUT2D eigenvalue weighted by molar-refractivity contribution is -0.137. The van der Waals surface area contributed by atoms with Crippen LogP contribution in [-0.2, 0) is 12.6 Å². The first-order valence-electron chi connectivity index (χ1n) is 6.67. The molecule has 0 radical (unpaired) electrons. The molecule has 0 saturated heterocycles. The molecule has 116 valence electrons. The molecular weight excluding hydrogens is 285 g/mol. The summed E-state index contributed by atoms with van der Waals surface area (Å²) in [6, 6.07) is 3.21. The summed E-state index contributed by atoms with van der Waals surface area (Å²) in [5, 5.41) is 12.5. The molecular formula is C14H17F3N2O2. The van der Waals surface area contributed by atoms with Crippen LogP contribution in [0.4, 0.5) is 23.7 Å². The summed E-state index contributed by atoms with van der Waals surface area (Å²) >= 11 is 0. The van der Waals surface area contributed by atoms with Crippen LogP contribution in [0.5, 0.6) is 0 Å². The van der Waals surface area contributed by atoms with E-state index < -0.39 is 23.5 Å². The van der Waals surface area contributed by atoms with Gasteiger partial charge in [-0.3, -0.25) is 10.2 Å². The fourth-order valence-electron chi connectivity index (χ4n) is 2.90. The number of carboxylic acid groups (broad SMARTS) is 1. The number of halogens is 3. The molecule has 21 heavy (non-hydrogen) atoms. The fourth-order valence-corrected chi connectivity index (χ4v) is 2.90. The minimum atomic E-state index is -4.43. The first kappa shape index (κ1) is 15.6. The maximum Gasteiger partial charge on any atom is 0.416 e. The Morgan fingerprint density at radius 1 is 1.48 bits per heavy atom. The highest BCUT2D eigenvalue weighted by Crippen LogP contribution is 2.40. The van der Waals surface area contributed by atoms with Gasteiger partial charge >= 0.3 is 12.3 Å². The fraction of sp³-hybridized carbons (Fsp3) is 0.500. The second-order valence-corrected chi connectivity index (χ2v) is 5.09. The number of nitrogens with zero attached hydrogens (tertiary/aromatic N) is 1. The van der Waals surface area contributed by atoms with E-state index in [-0.39, 0.29) is 0 Å². The van der Waals surface area contributed by atoms with Gasteiger partial charge in [-0.15, -0.1) is 0 Å². The Kier molecular flexibility index (Phi) is 3.88. The third-order valence-electron chi connectivity index (χ3n) is 4.13. The third kappa shape index (κ3) is 2.57. The quantitative estimate of drug-likeness (QED) is 0.879. The highest BCUT2D eigenvalue weighted by molar-refractivity contribution is 5.89. The number of benzene rings is 1. The average Bonchev–Trinajstić information content (AvgIpc) is 2.44. The van der Waals surface area contributed by atoms with Crippen molar-refractivity contribution in [3.8, 4) is 0 Å². The minimum absolute atomic E-state index is 0.318. The third-order valence-corrected chi connectivity index (χ3v) is 4.13. The predicted molar refractivity (Wildman–Crippen MR) is 72.4 cm³/mol. The van der Waals surface area contributed by atoms with Crippen molar-refractivity contribution in [1.29, 1.82) is 0 Å². The van der Waals surface area contributed by atoms with E-state index >= 15 is 0 Å². The number of hydrogen-bond donors (Lipinski definition) is 2. The molecule has 2 rings (SSSR count). The minimum Gasteiger partial charge on any atom is -0.465 e. The van der Waals surface area contributed by atoms with Gasteiger partial charge in [-0.05, 0) is 50.1 Å². The molecule has 7 heteroatoms. The Labute approximate surface area is 120 Å². The van der Waals surface area contributed by atoms with E-state index in [0.29, 0.717) is 30.5 Å². The number of anilines is 1. The molecule has 0 spiro atoms. The predicted octanol–water partition coefficient (Wildman–Crippen LogP) is 3.46. The van der Waals surface area contributed by atoms with E-state index in [9.17, 15) is 23.1 Å². The molecule has 2 N–H and O–H groups in total. The zero-order valence-corrected chi connectivity index (χ0v) is 11.8. The number of alkyl halides is 3. The molecule has 1 unspecified atom stereocenters. The van der Waals surface area contributed by atoms with Gasteiger partial charge in [0.1, 0.15) is 5.66 Å². The molecule has 1 amide bonds. The molecule has 1 aromatic carbocycles. The average molecular weight is 302 g/mol. The summed E-state index contributed by atoms with van der Waals surface area (Å²) in [6.07, 6.45) is -4.24. The van der Waals surface area contributed by atoms with E-state index in [4.69, 9.17) is 0 Å². The molecule has 0 aromatic heterocycles. The van der Waals surface area contributed by atoms with Gasteiger partial charge < -0.3 is 5.11 Å². The van der Waals surface area contributed by atoms with Crippen LogP contribution in [-0.4, -0.2) is 23.9 Å². The molecule has 1 heterocycles. The van der Waals surface area contributed by atoms with Crippen molar-refractivity contribution >= 4 is 11.8 Å². The molecule has 1 aliphatic rings. The maximum absolute atomic E-state index is 12.8. The van der Waals surface area contributed by atoms with Gasteiger partial charge in [-0.1, -0.05) is 6.92 Å². The van der Waals surface area contributed by atoms with Gasteiger partial charge in [0.2, 0.25) is 0 Å². The van der Waals surface area contributed by atoms with Crippen molar-refractivity contribution in [2.24, 2.45) is 0 Å². The summed E-state index contributed by atoms with van der Waals surface area (Å²) in [6.45, 7) is 1.85. The smallest absolute Gasteiger partial charge is 0.416 e. The Morgan fingerprint density at radius 3 is 2.62 bits per heavy atom. The monoisotopic (exact) mass is 302 g/mol. The van der Waals surface area contributed by atoms with E-state index in [2.05, 4.69) is 5.32 Å². The topological polar surface area (TPSA) is 52.6 Å². The number of amides is 1. The highest BCUT2D eigenvalue weighted by Gasteiger charge is 2.43. The van der Waals surface area contributed by atoms with Crippen molar-refractivity contribution in [1.82, 2.24) is 5.32 Å². The Balaban J connectivity index is 2.54. The second kappa shape index (κ2) is 5.22. The van der Waals surface area contributed by atoms with Gasteiger partial charge in [0.05, 0.1) is 11.3 Å². The normalized spacial score (nSPS) is 22.0. The molecule has 0 fully saturated rings. The molecule has 1 aromatic rings. The van der Waals surface area contributed by atoms with Gasteiger partial charge in [-0.25, -0.2) is 4.79 Å². The number of nitrogens with one attached hydrogen (secondary N) is 1. The van der Waals surface area contributed by atoms with Crippen LogP contribution < -0.4 is 10.2 Å². The zero-order chi connectivity index (χ0) is 15.8. The maximum atomic E-state index is 12.8. The first-order chi connectivity index (χ1) is 9.75. The molecule has 0 bridgehead atoms. The standard InChI is InChI=1S/C14H17F3N2O2/c1-3-13(18-2)7-6-9-8-10(14(15,16)17)4-5-11(9)19(13)12(20)21/h4-5,8,18H,3,6-7H2,1-2H3,(H,20,21). The van der Waals surface area contributed by atoms with Gasteiger partial charge in [-0.2, -0.15) is 13.2 Å².